The Morgan fingerprint density at radius 2 is 1.64 bits per heavy atom. The van der Waals surface area contributed by atoms with E-state index in [9.17, 15) is 9.59 Å². The Labute approximate surface area is 193 Å². The average Bonchev–Trinajstić information content (AvgIpc) is 3.27. The number of aromatic nitrogens is 4. The molecule has 2 aromatic heterocycles. The summed E-state index contributed by atoms with van der Waals surface area (Å²) in [5, 5.41) is 13.1. The van der Waals surface area contributed by atoms with Gasteiger partial charge in [0, 0.05) is 22.2 Å². The molecule has 3 aromatic carbocycles. The molecule has 7 nitrogen and oxygen atoms in total. The Bertz CT molecular complexity index is 1480. The summed E-state index contributed by atoms with van der Waals surface area (Å²) in [6.07, 6.45) is 0. The number of nitrogens with one attached hydrogen (secondary N) is 1. The minimum Gasteiger partial charge on any atom is -0.325 e. The van der Waals surface area contributed by atoms with Crippen molar-refractivity contribution in [3.63, 3.8) is 0 Å². The number of ketones is 1. The number of amides is 1. The van der Waals surface area contributed by atoms with Gasteiger partial charge in [-0.3, -0.25) is 14.0 Å². The smallest absolute Gasteiger partial charge is 0.234 e. The number of para-hydroxylation sites is 1. The Morgan fingerprint density at radius 1 is 0.909 bits per heavy atom. The van der Waals surface area contributed by atoms with Crippen LogP contribution < -0.4 is 5.32 Å². The number of hydrogen-bond donors (Lipinski definition) is 1. The van der Waals surface area contributed by atoms with Crippen LogP contribution in [0.25, 0.3) is 27.9 Å². The lowest BCUT2D eigenvalue weighted by atomic mass is 10.1. The molecule has 0 aliphatic carbocycles. The first-order valence-corrected chi connectivity index (χ1v) is 11.3. The molecule has 0 saturated heterocycles. The second-order valence-electron chi connectivity index (χ2n) is 7.43. The molecule has 0 atom stereocenters. The van der Waals surface area contributed by atoms with Crippen molar-refractivity contribution in [2.45, 2.75) is 12.1 Å². The van der Waals surface area contributed by atoms with E-state index in [1.54, 1.807) is 24.3 Å². The quantitative estimate of drug-likeness (QED) is 0.291. The molecule has 0 radical (unpaired) electrons. The zero-order chi connectivity index (χ0) is 22.8. The number of hydrogen-bond acceptors (Lipinski definition) is 6. The molecule has 1 amide bonds. The van der Waals surface area contributed by atoms with Gasteiger partial charge in [0.1, 0.15) is 5.82 Å². The first-order chi connectivity index (χ1) is 16.1. The lowest BCUT2D eigenvalue weighted by Crippen LogP contribution is -2.14. The third-order valence-electron chi connectivity index (χ3n) is 5.16. The summed E-state index contributed by atoms with van der Waals surface area (Å²) in [6.45, 7) is 1.51. The van der Waals surface area contributed by atoms with Gasteiger partial charge in [-0.1, -0.05) is 54.2 Å². The summed E-state index contributed by atoms with van der Waals surface area (Å²) in [5.74, 6) is 0.674. The number of anilines is 1. The molecule has 8 heteroatoms. The molecule has 0 fully saturated rings. The number of Topliss-reactive ketones (excluding diaryl/α,β-unsaturated/α-hetero) is 1. The molecule has 1 N–H and O–H groups in total. The highest BCUT2D eigenvalue weighted by atomic mass is 32.2. The van der Waals surface area contributed by atoms with Gasteiger partial charge >= 0.3 is 0 Å². The third-order valence-corrected chi connectivity index (χ3v) is 6.08. The van der Waals surface area contributed by atoms with Gasteiger partial charge in [-0.25, -0.2) is 4.98 Å². The SMILES string of the molecule is CC(=O)c1ccc(NC(=O)CSc2nnc3c4ccccc4nc(-c4ccccc4)n23)cc1. The number of thioether (sulfide) groups is 1. The zero-order valence-corrected chi connectivity index (χ0v) is 18.5. The van der Waals surface area contributed by atoms with Gasteiger partial charge in [-0.2, -0.15) is 0 Å². The maximum Gasteiger partial charge on any atom is 0.234 e. The van der Waals surface area contributed by atoms with E-state index in [-0.39, 0.29) is 17.4 Å². The summed E-state index contributed by atoms with van der Waals surface area (Å²) in [5.41, 5.74) is 3.70. The van der Waals surface area contributed by atoms with Crippen molar-refractivity contribution in [1.82, 2.24) is 19.6 Å². The van der Waals surface area contributed by atoms with Crippen LogP contribution in [-0.4, -0.2) is 37.0 Å². The van der Waals surface area contributed by atoms with Gasteiger partial charge < -0.3 is 5.32 Å². The molecular formula is C25H19N5O2S. The Kier molecular flexibility index (Phi) is 5.58. The van der Waals surface area contributed by atoms with Crippen LogP contribution >= 0.6 is 11.8 Å². The molecule has 0 aliphatic rings. The monoisotopic (exact) mass is 453 g/mol. The second kappa shape index (κ2) is 8.84. The Morgan fingerprint density at radius 3 is 2.39 bits per heavy atom. The van der Waals surface area contributed by atoms with Crippen LogP contribution in [0.1, 0.15) is 17.3 Å². The molecule has 0 aliphatic heterocycles. The highest BCUT2D eigenvalue weighted by Crippen LogP contribution is 2.29. The molecule has 0 spiro atoms. The van der Waals surface area contributed by atoms with Crippen LogP contribution in [0, 0.1) is 0 Å². The summed E-state index contributed by atoms with van der Waals surface area (Å²) in [6, 6.07) is 24.5. The molecule has 0 bridgehead atoms. The van der Waals surface area contributed by atoms with E-state index in [2.05, 4.69) is 15.5 Å². The number of carbonyl (C=O) groups is 2. The van der Waals surface area contributed by atoms with Crippen molar-refractivity contribution in [2.24, 2.45) is 0 Å². The Hall–Kier alpha value is -4.04. The predicted octanol–water partition coefficient (Wildman–Crippen LogP) is 4.88. The molecule has 33 heavy (non-hydrogen) atoms. The maximum atomic E-state index is 12.6. The average molecular weight is 454 g/mol. The van der Waals surface area contributed by atoms with E-state index in [0.29, 0.717) is 22.1 Å². The van der Waals surface area contributed by atoms with Crippen LogP contribution in [0.3, 0.4) is 0 Å². The van der Waals surface area contributed by atoms with Gasteiger partial charge in [-0.15, -0.1) is 10.2 Å². The van der Waals surface area contributed by atoms with E-state index < -0.39 is 0 Å². The largest absolute Gasteiger partial charge is 0.325 e. The second-order valence-corrected chi connectivity index (χ2v) is 8.37. The fourth-order valence-corrected chi connectivity index (χ4v) is 4.28. The summed E-state index contributed by atoms with van der Waals surface area (Å²) < 4.78 is 1.90. The molecule has 5 aromatic rings. The summed E-state index contributed by atoms with van der Waals surface area (Å²) >= 11 is 1.29. The molecule has 0 unspecified atom stereocenters. The fraction of sp³-hybridized carbons (Fsp3) is 0.0800. The first-order valence-electron chi connectivity index (χ1n) is 10.3. The first kappa shape index (κ1) is 20.8. The van der Waals surface area contributed by atoms with Crippen LogP contribution in [0.4, 0.5) is 5.69 Å². The van der Waals surface area contributed by atoms with Crippen molar-refractivity contribution in [3.8, 4) is 11.4 Å². The lowest BCUT2D eigenvalue weighted by Gasteiger charge is -2.10. The van der Waals surface area contributed by atoms with Crippen LogP contribution in [0.5, 0.6) is 0 Å². The van der Waals surface area contributed by atoms with Crippen LogP contribution in [-0.2, 0) is 4.79 Å². The van der Waals surface area contributed by atoms with E-state index in [1.165, 1.54) is 18.7 Å². The number of rotatable bonds is 6. The van der Waals surface area contributed by atoms with E-state index in [0.717, 1.165) is 22.3 Å². The highest BCUT2D eigenvalue weighted by molar-refractivity contribution is 7.99. The fourth-order valence-electron chi connectivity index (χ4n) is 3.55. The van der Waals surface area contributed by atoms with E-state index in [1.807, 2.05) is 59.0 Å². The minimum atomic E-state index is -0.178. The number of carbonyl (C=O) groups excluding carboxylic acids is 2. The molecule has 2 heterocycles. The zero-order valence-electron chi connectivity index (χ0n) is 17.7. The van der Waals surface area contributed by atoms with Crippen molar-refractivity contribution >= 4 is 45.7 Å². The molecule has 5 rings (SSSR count). The molecular weight excluding hydrogens is 434 g/mol. The van der Waals surface area contributed by atoms with Crippen molar-refractivity contribution in [1.29, 1.82) is 0 Å². The minimum absolute atomic E-state index is 0.0162. The number of benzene rings is 3. The normalized spacial score (nSPS) is 11.1. The van der Waals surface area contributed by atoms with Crippen LogP contribution in [0.2, 0.25) is 0 Å². The standard InChI is InChI=1S/C25H19N5O2S/c1-16(31)17-11-13-19(14-12-17)26-22(32)15-33-25-29-28-24-20-9-5-6-10-21(20)27-23(30(24)25)18-7-3-2-4-8-18/h2-14H,15H2,1H3,(H,26,32). The predicted molar refractivity (Wildman–Crippen MR) is 130 cm³/mol. The maximum absolute atomic E-state index is 12.6. The van der Waals surface area contributed by atoms with Gasteiger partial charge in [0.15, 0.2) is 16.6 Å². The topological polar surface area (TPSA) is 89.2 Å². The number of fused-ring (bicyclic) bond motifs is 3. The highest BCUT2D eigenvalue weighted by Gasteiger charge is 2.17. The summed E-state index contributed by atoms with van der Waals surface area (Å²) in [4.78, 5) is 28.8. The molecule has 162 valence electrons. The lowest BCUT2D eigenvalue weighted by molar-refractivity contribution is -0.113. The Balaban J connectivity index is 1.44. The summed E-state index contributed by atoms with van der Waals surface area (Å²) in [7, 11) is 0. The van der Waals surface area contributed by atoms with E-state index in [4.69, 9.17) is 4.98 Å². The van der Waals surface area contributed by atoms with Gasteiger partial charge in [-0.05, 0) is 43.3 Å². The van der Waals surface area contributed by atoms with Gasteiger partial charge in [0.2, 0.25) is 5.91 Å². The van der Waals surface area contributed by atoms with E-state index >= 15 is 0 Å². The van der Waals surface area contributed by atoms with Crippen molar-refractivity contribution in [3.05, 3.63) is 84.4 Å². The van der Waals surface area contributed by atoms with Gasteiger partial charge in [0.05, 0.1) is 11.3 Å². The van der Waals surface area contributed by atoms with Gasteiger partial charge in [0.25, 0.3) is 0 Å². The third kappa shape index (κ3) is 4.20. The van der Waals surface area contributed by atoms with Crippen molar-refractivity contribution in [2.75, 3.05) is 11.1 Å². The number of nitrogens with zero attached hydrogens (tertiary/aromatic N) is 4. The van der Waals surface area contributed by atoms with Crippen molar-refractivity contribution < 1.29 is 9.59 Å². The van der Waals surface area contributed by atoms with Crippen LogP contribution in [0.15, 0.2) is 84.0 Å². The molecule has 0 saturated carbocycles.